The van der Waals surface area contributed by atoms with E-state index < -0.39 is 11.4 Å². The molecule has 0 unspecified atom stereocenters. The Labute approximate surface area is 170 Å². The Morgan fingerprint density at radius 2 is 1.79 bits per heavy atom. The number of benzene rings is 1. The predicted octanol–water partition coefficient (Wildman–Crippen LogP) is 4.32. The van der Waals surface area contributed by atoms with Crippen LogP contribution in [0.5, 0.6) is 5.88 Å². The molecular weight excluding hydrogens is 426 g/mol. The summed E-state index contributed by atoms with van der Waals surface area (Å²) >= 11 is 3.42. The van der Waals surface area contributed by atoms with E-state index in [2.05, 4.69) is 31.1 Å². The van der Waals surface area contributed by atoms with Crippen LogP contribution in [-0.2, 0) is 15.3 Å². The quantitative estimate of drug-likeness (QED) is 0.583. The maximum Gasteiger partial charge on any atom is 0.259 e. The third-order valence-electron chi connectivity index (χ3n) is 4.82. The van der Waals surface area contributed by atoms with Gasteiger partial charge in [0, 0.05) is 22.7 Å². The Kier molecular flexibility index (Phi) is 4.04. The monoisotopic (exact) mass is 443 g/mol. The average Bonchev–Trinajstić information content (AvgIpc) is 3.32. The molecule has 0 atom stereocenters. The van der Waals surface area contributed by atoms with E-state index in [0.717, 1.165) is 15.6 Å². The molecule has 0 N–H and O–H groups in total. The third-order valence-corrected chi connectivity index (χ3v) is 5.35. The predicted molar refractivity (Wildman–Crippen MR) is 104 cm³/mol. The molecule has 1 spiro atoms. The van der Waals surface area contributed by atoms with E-state index >= 15 is 0 Å². The van der Waals surface area contributed by atoms with Gasteiger partial charge in [-0.15, -0.1) is 0 Å². The second kappa shape index (κ2) is 6.37. The van der Waals surface area contributed by atoms with E-state index in [-0.39, 0.29) is 0 Å². The lowest BCUT2D eigenvalue weighted by Crippen LogP contribution is -2.45. The number of hydrogen-bond donors (Lipinski definition) is 0. The normalized spacial score (nSPS) is 19.4. The number of hydrogen-bond acceptors (Lipinski definition) is 7. The van der Waals surface area contributed by atoms with E-state index in [4.69, 9.17) is 18.7 Å². The molecule has 0 bridgehead atoms. The first-order valence-corrected chi connectivity index (χ1v) is 9.81. The van der Waals surface area contributed by atoms with Crippen molar-refractivity contribution in [3.05, 3.63) is 46.6 Å². The molecule has 2 aliphatic heterocycles. The van der Waals surface area contributed by atoms with Gasteiger partial charge in [-0.2, -0.15) is 4.98 Å². The van der Waals surface area contributed by atoms with Gasteiger partial charge in [0.05, 0.1) is 24.3 Å². The fourth-order valence-corrected chi connectivity index (χ4v) is 3.91. The van der Waals surface area contributed by atoms with E-state index in [1.807, 2.05) is 44.2 Å². The summed E-state index contributed by atoms with van der Waals surface area (Å²) in [6.45, 7) is 5.07. The molecule has 4 heterocycles. The fourth-order valence-electron chi connectivity index (χ4n) is 3.65. The molecule has 28 heavy (non-hydrogen) atoms. The maximum absolute atomic E-state index is 6.04. The SMILES string of the molecule is CC1(C)CC2(OCCO2)c2cc(-c3nc(-c4ccc(Br)cc4)no3)cnc2O1. The maximum atomic E-state index is 6.04. The number of rotatable bonds is 2. The number of nitrogens with zero attached hydrogens (tertiary/aromatic N) is 3. The van der Waals surface area contributed by atoms with Crippen LogP contribution in [0.25, 0.3) is 22.8 Å². The number of pyridine rings is 1. The topological polar surface area (TPSA) is 79.5 Å². The largest absolute Gasteiger partial charge is 0.471 e. The van der Waals surface area contributed by atoms with Crippen molar-refractivity contribution in [3.8, 4) is 28.7 Å². The van der Waals surface area contributed by atoms with E-state index in [1.54, 1.807) is 6.20 Å². The summed E-state index contributed by atoms with van der Waals surface area (Å²) in [4.78, 5) is 9.01. The van der Waals surface area contributed by atoms with Crippen LogP contribution in [0.4, 0.5) is 0 Å². The van der Waals surface area contributed by atoms with Gasteiger partial charge in [-0.05, 0) is 44.2 Å². The summed E-state index contributed by atoms with van der Waals surface area (Å²) in [6.07, 6.45) is 2.24. The molecule has 144 valence electrons. The molecule has 1 aromatic carbocycles. The molecule has 2 aromatic heterocycles. The molecule has 0 aliphatic carbocycles. The zero-order chi connectivity index (χ0) is 19.4. The molecule has 1 fully saturated rings. The first-order chi connectivity index (χ1) is 13.4. The van der Waals surface area contributed by atoms with Crippen LogP contribution in [0.3, 0.4) is 0 Å². The Morgan fingerprint density at radius 3 is 2.54 bits per heavy atom. The van der Waals surface area contributed by atoms with E-state index in [9.17, 15) is 0 Å². The molecule has 8 heteroatoms. The van der Waals surface area contributed by atoms with Gasteiger partial charge in [-0.1, -0.05) is 21.1 Å². The number of halogens is 1. The van der Waals surface area contributed by atoms with Gasteiger partial charge in [0.15, 0.2) is 0 Å². The van der Waals surface area contributed by atoms with Crippen LogP contribution in [-0.4, -0.2) is 33.9 Å². The summed E-state index contributed by atoms with van der Waals surface area (Å²) in [7, 11) is 0. The second-order valence-electron chi connectivity index (χ2n) is 7.50. The van der Waals surface area contributed by atoms with Gasteiger partial charge in [0.2, 0.25) is 17.5 Å². The molecular formula is C20H18BrN3O4. The van der Waals surface area contributed by atoms with Gasteiger partial charge in [-0.25, -0.2) is 4.98 Å². The van der Waals surface area contributed by atoms with Crippen molar-refractivity contribution in [1.82, 2.24) is 15.1 Å². The minimum absolute atomic E-state index is 0.381. The lowest BCUT2D eigenvalue weighted by Gasteiger charge is -2.41. The van der Waals surface area contributed by atoms with Crippen LogP contribution < -0.4 is 4.74 Å². The first kappa shape index (κ1) is 17.8. The average molecular weight is 444 g/mol. The molecule has 1 saturated heterocycles. The van der Waals surface area contributed by atoms with Crippen molar-refractivity contribution in [3.63, 3.8) is 0 Å². The Bertz CT molecular complexity index is 1030. The zero-order valence-electron chi connectivity index (χ0n) is 15.4. The molecule has 3 aromatic rings. The molecule has 7 nitrogen and oxygen atoms in total. The van der Waals surface area contributed by atoms with Crippen molar-refractivity contribution in [2.75, 3.05) is 13.2 Å². The van der Waals surface area contributed by atoms with Crippen molar-refractivity contribution in [2.24, 2.45) is 0 Å². The molecule has 0 saturated carbocycles. The number of ether oxygens (including phenoxy) is 3. The van der Waals surface area contributed by atoms with Crippen LogP contribution in [0.1, 0.15) is 25.8 Å². The summed E-state index contributed by atoms with van der Waals surface area (Å²) < 4.78 is 24.5. The Balaban J connectivity index is 1.54. The van der Waals surface area contributed by atoms with Gasteiger partial charge in [0.25, 0.3) is 5.89 Å². The minimum atomic E-state index is -0.853. The van der Waals surface area contributed by atoms with Crippen molar-refractivity contribution >= 4 is 15.9 Å². The van der Waals surface area contributed by atoms with Gasteiger partial charge in [-0.3, -0.25) is 0 Å². The minimum Gasteiger partial charge on any atom is -0.471 e. The lowest BCUT2D eigenvalue weighted by atomic mass is 9.89. The third kappa shape index (κ3) is 3.01. The van der Waals surface area contributed by atoms with Crippen LogP contribution >= 0.6 is 15.9 Å². The summed E-state index contributed by atoms with van der Waals surface area (Å²) in [5, 5.41) is 4.09. The molecule has 0 amide bonds. The van der Waals surface area contributed by atoms with Crippen LogP contribution in [0, 0.1) is 0 Å². The zero-order valence-corrected chi connectivity index (χ0v) is 17.0. The first-order valence-electron chi connectivity index (χ1n) is 9.02. The van der Waals surface area contributed by atoms with Crippen LogP contribution in [0.2, 0.25) is 0 Å². The molecule has 5 rings (SSSR count). The van der Waals surface area contributed by atoms with Crippen molar-refractivity contribution in [1.29, 1.82) is 0 Å². The van der Waals surface area contributed by atoms with Crippen molar-refractivity contribution < 1.29 is 18.7 Å². The lowest BCUT2D eigenvalue weighted by molar-refractivity contribution is -0.208. The van der Waals surface area contributed by atoms with Crippen LogP contribution in [0.15, 0.2) is 45.5 Å². The summed E-state index contributed by atoms with van der Waals surface area (Å²) in [5.41, 5.74) is 1.88. The van der Waals surface area contributed by atoms with E-state index in [0.29, 0.717) is 42.8 Å². The highest BCUT2D eigenvalue weighted by Crippen LogP contribution is 2.48. The smallest absolute Gasteiger partial charge is 0.259 e. The van der Waals surface area contributed by atoms with E-state index in [1.165, 1.54) is 0 Å². The van der Waals surface area contributed by atoms with Gasteiger partial charge >= 0.3 is 0 Å². The Morgan fingerprint density at radius 1 is 1.04 bits per heavy atom. The molecule has 2 aliphatic rings. The Hall–Kier alpha value is -2.29. The summed E-state index contributed by atoms with van der Waals surface area (Å²) in [5.74, 6) is 0.552. The highest BCUT2D eigenvalue weighted by atomic mass is 79.9. The second-order valence-corrected chi connectivity index (χ2v) is 8.41. The summed E-state index contributed by atoms with van der Waals surface area (Å²) in [6, 6.07) is 9.62. The highest BCUT2D eigenvalue weighted by Gasteiger charge is 2.50. The van der Waals surface area contributed by atoms with Gasteiger partial charge in [0.1, 0.15) is 5.60 Å². The number of fused-ring (bicyclic) bond motifs is 2. The van der Waals surface area contributed by atoms with Gasteiger partial charge < -0.3 is 18.7 Å². The van der Waals surface area contributed by atoms with Crippen molar-refractivity contribution in [2.45, 2.75) is 31.7 Å². The fraction of sp³-hybridized carbons (Fsp3) is 0.350. The molecule has 0 radical (unpaired) electrons. The standard InChI is InChI=1S/C20H18BrN3O4/c1-19(2)11-20(25-7-8-26-20)15-9-13(10-22-18(15)27-19)17-23-16(24-28-17)12-3-5-14(21)6-4-12/h3-6,9-10H,7-8,11H2,1-2H3. The number of aromatic nitrogens is 3. The highest BCUT2D eigenvalue weighted by molar-refractivity contribution is 9.10.